The predicted octanol–water partition coefficient (Wildman–Crippen LogP) is 2.70. The summed E-state index contributed by atoms with van der Waals surface area (Å²) in [6.45, 7) is 9.90. The SMILES string of the molecule is CCN(CC)[C@@H](CNS(=O)(=O)N1CCC(C)CC1)c1ccsc1. The second-order valence-corrected chi connectivity index (χ2v) is 8.76. The van der Waals surface area contributed by atoms with E-state index in [9.17, 15) is 8.42 Å². The van der Waals surface area contributed by atoms with E-state index in [1.807, 2.05) is 5.38 Å². The summed E-state index contributed by atoms with van der Waals surface area (Å²) in [6, 6.07) is 2.18. The zero-order valence-electron chi connectivity index (χ0n) is 14.4. The molecule has 1 N–H and O–H groups in total. The molecule has 0 amide bonds. The summed E-state index contributed by atoms with van der Waals surface area (Å²) in [5.74, 6) is 0.621. The van der Waals surface area contributed by atoms with Crippen LogP contribution in [0.1, 0.15) is 45.2 Å². The lowest BCUT2D eigenvalue weighted by molar-refractivity contribution is 0.218. The first-order chi connectivity index (χ1) is 11.0. The number of piperidine rings is 1. The van der Waals surface area contributed by atoms with Crippen molar-refractivity contribution in [2.45, 2.75) is 39.7 Å². The minimum Gasteiger partial charge on any atom is -0.296 e. The molecule has 23 heavy (non-hydrogen) atoms. The average molecular weight is 360 g/mol. The third kappa shape index (κ3) is 5.00. The minimum atomic E-state index is -3.38. The zero-order chi connectivity index (χ0) is 16.9. The van der Waals surface area contributed by atoms with Gasteiger partial charge in [-0.15, -0.1) is 0 Å². The molecule has 1 aliphatic heterocycles. The Morgan fingerprint density at radius 2 is 2.00 bits per heavy atom. The van der Waals surface area contributed by atoms with Gasteiger partial charge >= 0.3 is 0 Å². The van der Waals surface area contributed by atoms with Crippen molar-refractivity contribution in [3.8, 4) is 0 Å². The third-order valence-electron chi connectivity index (χ3n) is 4.72. The van der Waals surface area contributed by atoms with Gasteiger partial charge in [-0.3, -0.25) is 4.90 Å². The number of hydrogen-bond donors (Lipinski definition) is 1. The van der Waals surface area contributed by atoms with Gasteiger partial charge in [-0.2, -0.15) is 24.1 Å². The van der Waals surface area contributed by atoms with E-state index in [1.54, 1.807) is 15.6 Å². The van der Waals surface area contributed by atoms with E-state index in [0.29, 0.717) is 25.6 Å². The summed E-state index contributed by atoms with van der Waals surface area (Å²) < 4.78 is 29.6. The Bertz CT molecular complexity index is 548. The number of nitrogens with one attached hydrogen (secondary N) is 1. The Kier molecular flexibility index (Phi) is 7.03. The summed E-state index contributed by atoms with van der Waals surface area (Å²) in [4.78, 5) is 2.29. The number of hydrogen-bond acceptors (Lipinski definition) is 4. The molecule has 0 aromatic carbocycles. The first-order valence-electron chi connectivity index (χ1n) is 8.48. The van der Waals surface area contributed by atoms with Gasteiger partial charge in [0.05, 0.1) is 0 Å². The minimum absolute atomic E-state index is 0.0924. The van der Waals surface area contributed by atoms with E-state index in [2.05, 4.69) is 41.8 Å². The van der Waals surface area contributed by atoms with E-state index >= 15 is 0 Å². The molecule has 0 saturated carbocycles. The molecule has 1 atom stereocenters. The maximum atomic E-state index is 12.6. The molecule has 2 rings (SSSR count). The summed E-state index contributed by atoms with van der Waals surface area (Å²) in [6.07, 6.45) is 1.90. The summed E-state index contributed by atoms with van der Waals surface area (Å²) in [5.41, 5.74) is 1.19. The van der Waals surface area contributed by atoms with E-state index in [4.69, 9.17) is 0 Å². The molecule has 0 unspecified atom stereocenters. The van der Waals surface area contributed by atoms with Gasteiger partial charge in [0.2, 0.25) is 0 Å². The average Bonchev–Trinajstić information content (AvgIpc) is 3.06. The van der Waals surface area contributed by atoms with Crippen molar-refractivity contribution in [1.29, 1.82) is 0 Å². The van der Waals surface area contributed by atoms with Gasteiger partial charge in [-0.25, -0.2) is 4.72 Å². The molecule has 0 radical (unpaired) electrons. The molecule has 0 spiro atoms. The molecular weight excluding hydrogens is 330 g/mol. The monoisotopic (exact) mass is 359 g/mol. The molecule has 1 fully saturated rings. The smallest absolute Gasteiger partial charge is 0.279 e. The molecule has 5 nitrogen and oxygen atoms in total. The fourth-order valence-corrected chi connectivity index (χ4v) is 5.04. The molecular formula is C16H29N3O2S2. The lowest BCUT2D eigenvalue weighted by atomic mass is 10.0. The highest BCUT2D eigenvalue weighted by Gasteiger charge is 2.28. The Morgan fingerprint density at radius 1 is 1.35 bits per heavy atom. The molecule has 7 heteroatoms. The first kappa shape index (κ1) is 18.9. The van der Waals surface area contributed by atoms with Crippen LogP contribution < -0.4 is 4.72 Å². The van der Waals surface area contributed by atoms with E-state index in [0.717, 1.165) is 25.9 Å². The van der Waals surface area contributed by atoms with Crippen LogP contribution in [0, 0.1) is 5.92 Å². The largest absolute Gasteiger partial charge is 0.296 e. The molecule has 1 aliphatic rings. The van der Waals surface area contributed by atoms with Crippen LogP contribution in [0.2, 0.25) is 0 Å². The molecule has 2 heterocycles. The highest BCUT2D eigenvalue weighted by molar-refractivity contribution is 7.87. The van der Waals surface area contributed by atoms with Crippen molar-refractivity contribution in [2.24, 2.45) is 5.92 Å². The van der Waals surface area contributed by atoms with Gasteiger partial charge < -0.3 is 0 Å². The Labute approximate surface area is 144 Å². The van der Waals surface area contributed by atoms with Crippen molar-refractivity contribution in [3.63, 3.8) is 0 Å². The van der Waals surface area contributed by atoms with Crippen LogP contribution in [0.4, 0.5) is 0 Å². The van der Waals surface area contributed by atoms with E-state index in [1.165, 1.54) is 5.56 Å². The van der Waals surface area contributed by atoms with Crippen molar-refractivity contribution in [2.75, 3.05) is 32.7 Å². The molecule has 1 aromatic heterocycles. The second-order valence-electron chi connectivity index (χ2n) is 6.23. The second kappa shape index (κ2) is 8.58. The number of rotatable bonds is 8. The van der Waals surface area contributed by atoms with Crippen LogP contribution >= 0.6 is 11.3 Å². The Balaban J connectivity index is 2.02. The summed E-state index contributed by atoms with van der Waals surface area (Å²) in [5, 5.41) is 4.16. The van der Waals surface area contributed by atoms with Crippen LogP contribution in [0.3, 0.4) is 0 Å². The Morgan fingerprint density at radius 3 is 2.52 bits per heavy atom. The first-order valence-corrected chi connectivity index (χ1v) is 10.9. The Hall–Kier alpha value is -0.470. The van der Waals surface area contributed by atoms with Gasteiger partial charge in [0.1, 0.15) is 0 Å². The summed E-state index contributed by atoms with van der Waals surface area (Å²) >= 11 is 1.65. The summed E-state index contributed by atoms with van der Waals surface area (Å²) in [7, 11) is -3.38. The van der Waals surface area contributed by atoms with Gasteiger partial charge in [0, 0.05) is 25.7 Å². The van der Waals surface area contributed by atoms with Gasteiger partial charge in [0.15, 0.2) is 0 Å². The lowest BCUT2D eigenvalue weighted by Crippen LogP contribution is -2.47. The van der Waals surface area contributed by atoms with Crippen molar-refractivity contribution < 1.29 is 8.42 Å². The fraction of sp³-hybridized carbons (Fsp3) is 0.750. The highest BCUT2D eigenvalue weighted by Crippen LogP contribution is 2.23. The molecule has 132 valence electrons. The third-order valence-corrected chi connectivity index (χ3v) is 7.00. The van der Waals surface area contributed by atoms with Crippen LogP contribution in [0.15, 0.2) is 16.8 Å². The van der Waals surface area contributed by atoms with Gasteiger partial charge in [-0.05, 0) is 54.2 Å². The maximum absolute atomic E-state index is 12.6. The quantitative estimate of drug-likeness (QED) is 0.776. The fourth-order valence-electron chi connectivity index (χ4n) is 3.09. The zero-order valence-corrected chi connectivity index (χ0v) is 16.0. The van der Waals surface area contributed by atoms with Crippen molar-refractivity contribution >= 4 is 21.5 Å². The van der Waals surface area contributed by atoms with E-state index in [-0.39, 0.29) is 6.04 Å². The van der Waals surface area contributed by atoms with Crippen LogP contribution in [0.5, 0.6) is 0 Å². The van der Waals surface area contributed by atoms with Crippen LogP contribution in [-0.2, 0) is 10.2 Å². The lowest BCUT2D eigenvalue weighted by Gasteiger charge is -2.32. The number of thiophene rings is 1. The van der Waals surface area contributed by atoms with E-state index < -0.39 is 10.2 Å². The number of likely N-dealkylation sites (N-methyl/N-ethyl adjacent to an activating group) is 1. The predicted molar refractivity (Wildman–Crippen MR) is 96.9 cm³/mol. The van der Waals surface area contributed by atoms with Crippen LogP contribution in [0.25, 0.3) is 0 Å². The van der Waals surface area contributed by atoms with Crippen molar-refractivity contribution in [3.05, 3.63) is 22.4 Å². The normalized spacial score (nSPS) is 19.3. The number of nitrogens with zero attached hydrogens (tertiary/aromatic N) is 2. The highest BCUT2D eigenvalue weighted by atomic mass is 32.2. The standard InChI is InChI=1S/C16H29N3O2S2/c1-4-18(5-2)16(15-8-11-22-13-15)12-17-23(20,21)19-9-6-14(3)7-10-19/h8,11,13-14,16-17H,4-7,9-10,12H2,1-3H3/t16-/m0/s1. The van der Waals surface area contributed by atoms with Gasteiger partial charge in [0.25, 0.3) is 10.2 Å². The molecule has 0 bridgehead atoms. The molecule has 0 aliphatic carbocycles. The maximum Gasteiger partial charge on any atom is 0.279 e. The molecule has 1 aromatic rings. The topological polar surface area (TPSA) is 52.7 Å². The van der Waals surface area contributed by atoms with Crippen LogP contribution in [-0.4, -0.2) is 50.3 Å². The molecule has 1 saturated heterocycles. The van der Waals surface area contributed by atoms with Crippen molar-refractivity contribution in [1.82, 2.24) is 13.9 Å². The van der Waals surface area contributed by atoms with Gasteiger partial charge in [-0.1, -0.05) is 20.8 Å².